The SMILES string of the molecule is CC(C)=CCc1c2c(c(O)c3c1O[C@@H](c1ccc(O)cc1)[C@@H](O)C3=O)C=CC(C)(C)O2. The van der Waals surface area contributed by atoms with Crippen LogP contribution in [0, 0.1) is 0 Å². The number of allylic oxidation sites excluding steroid dienone is 2. The van der Waals surface area contributed by atoms with Crippen LogP contribution >= 0.6 is 0 Å². The topological polar surface area (TPSA) is 96.2 Å². The summed E-state index contributed by atoms with van der Waals surface area (Å²) in [6, 6.07) is 6.13. The summed E-state index contributed by atoms with van der Waals surface area (Å²) in [5.41, 5.74) is 2.04. The highest BCUT2D eigenvalue weighted by Crippen LogP contribution is 2.51. The third-order valence-electron chi connectivity index (χ3n) is 5.51. The Morgan fingerprint density at radius 1 is 1.13 bits per heavy atom. The minimum absolute atomic E-state index is 0.0357. The summed E-state index contributed by atoms with van der Waals surface area (Å²) in [6.45, 7) is 7.75. The fourth-order valence-electron chi connectivity index (χ4n) is 3.86. The molecule has 0 bridgehead atoms. The van der Waals surface area contributed by atoms with Crippen molar-refractivity contribution < 1.29 is 29.6 Å². The molecule has 162 valence electrons. The third-order valence-corrected chi connectivity index (χ3v) is 5.51. The van der Waals surface area contributed by atoms with Gasteiger partial charge >= 0.3 is 0 Å². The van der Waals surface area contributed by atoms with Gasteiger partial charge in [0, 0.05) is 5.56 Å². The smallest absolute Gasteiger partial charge is 0.202 e. The van der Waals surface area contributed by atoms with Gasteiger partial charge in [-0.05, 0) is 64.0 Å². The molecule has 0 aromatic heterocycles. The van der Waals surface area contributed by atoms with Crippen molar-refractivity contribution in [1.82, 2.24) is 0 Å². The van der Waals surface area contributed by atoms with Gasteiger partial charge in [-0.2, -0.15) is 0 Å². The molecule has 0 spiro atoms. The van der Waals surface area contributed by atoms with Crippen LogP contribution < -0.4 is 9.47 Å². The normalized spacial score (nSPS) is 20.9. The van der Waals surface area contributed by atoms with Crippen LogP contribution in [0.25, 0.3) is 6.08 Å². The second-order valence-corrected chi connectivity index (χ2v) is 8.74. The van der Waals surface area contributed by atoms with Crippen LogP contribution in [0.4, 0.5) is 0 Å². The van der Waals surface area contributed by atoms with Crippen LogP contribution in [0.15, 0.2) is 42.0 Å². The van der Waals surface area contributed by atoms with Crippen LogP contribution in [0.5, 0.6) is 23.0 Å². The van der Waals surface area contributed by atoms with Crippen molar-refractivity contribution in [2.24, 2.45) is 0 Å². The standard InChI is InChI=1S/C25H26O6/c1-13(2)5-10-17-23-16(11-12-25(3,4)31-23)19(27)18-20(28)21(29)22(30-24(17)18)14-6-8-15(26)9-7-14/h5-9,11-12,21-22,26-27,29H,10H2,1-4H3/t21-,22-/m0/s1. The van der Waals surface area contributed by atoms with Gasteiger partial charge in [0.25, 0.3) is 0 Å². The third kappa shape index (κ3) is 3.68. The minimum atomic E-state index is -1.50. The first kappa shape index (κ1) is 21.0. The van der Waals surface area contributed by atoms with Crippen LogP contribution in [-0.4, -0.2) is 32.8 Å². The summed E-state index contributed by atoms with van der Waals surface area (Å²) < 4.78 is 12.4. The average Bonchev–Trinajstić information content (AvgIpc) is 2.70. The van der Waals surface area contributed by atoms with E-state index in [1.54, 1.807) is 18.2 Å². The Morgan fingerprint density at radius 2 is 1.81 bits per heavy atom. The Morgan fingerprint density at radius 3 is 2.45 bits per heavy atom. The molecule has 2 aliphatic heterocycles. The number of fused-ring (bicyclic) bond motifs is 2. The van der Waals surface area contributed by atoms with Gasteiger partial charge in [-0.15, -0.1) is 0 Å². The first-order chi connectivity index (χ1) is 14.6. The van der Waals surface area contributed by atoms with Gasteiger partial charge in [0.05, 0.1) is 5.56 Å². The van der Waals surface area contributed by atoms with Crippen molar-refractivity contribution in [3.63, 3.8) is 0 Å². The number of benzene rings is 2. The van der Waals surface area contributed by atoms with Crippen molar-refractivity contribution in [2.45, 2.75) is 51.9 Å². The number of hydrogen-bond acceptors (Lipinski definition) is 6. The molecule has 2 aromatic rings. The monoisotopic (exact) mass is 422 g/mol. The maximum absolute atomic E-state index is 13.2. The predicted molar refractivity (Wildman–Crippen MR) is 117 cm³/mol. The molecule has 6 nitrogen and oxygen atoms in total. The number of ether oxygens (including phenoxy) is 2. The maximum Gasteiger partial charge on any atom is 0.202 e. The number of hydrogen-bond donors (Lipinski definition) is 3. The number of phenolic OH excluding ortho intramolecular Hbond substituents is 2. The van der Waals surface area contributed by atoms with E-state index in [2.05, 4.69) is 0 Å². The Labute approximate surface area is 181 Å². The molecule has 2 atom stereocenters. The number of aliphatic hydroxyl groups is 1. The molecule has 0 saturated heterocycles. The molecule has 0 aliphatic carbocycles. The molecule has 31 heavy (non-hydrogen) atoms. The number of aromatic hydroxyl groups is 2. The zero-order valence-electron chi connectivity index (χ0n) is 18.0. The number of Topliss-reactive ketones (excluding diaryl/α,β-unsaturated/α-hetero) is 1. The van der Waals surface area contributed by atoms with Gasteiger partial charge in [0.2, 0.25) is 5.78 Å². The second-order valence-electron chi connectivity index (χ2n) is 8.74. The van der Waals surface area contributed by atoms with E-state index < -0.39 is 23.6 Å². The lowest BCUT2D eigenvalue weighted by Crippen LogP contribution is -2.37. The van der Waals surface area contributed by atoms with Crippen molar-refractivity contribution in [1.29, 1.82) is 0 Å². The highest BCUT2D eigenvalue weighted by Gasteiger charge is 2.43. The summed E-state index contributed by atoms with van der Waals surface area (Å²) >= 11 is 0. The first-order valence-corrected chi connectivity index (χ1v) is 10.2. The van der Waals surface area contributed by atoms with Gasteiger partial charge in [-0.1, -0.05) is 23.8 Å². The zero-order chi connectivity index (χ0) is 22.5. The molecule has 0 fully saturated rings. The molecule has 0 amide bonds. The number of carbonyl (C=O) groups excluding carboxylic acids is 1. The van der Waals surface area contributed by atoms with Gasteiger partial charge in [0.1, 0.15) is 34.2 Å². The van der Waals surface area contributed by atoms with Gasteiger partial charge in [-0.3, -0.25) is 4.79 Å². The Kier molecular flexibility index (Phi) is 5.06. The first-order valence-electron chi connectivity index (χ1n) is 10.2. The fraction of sp³-hybridized carbons (Fsp3) is 0.320. The number of ketones is 1. The van der Waals surface area contributed by atoms with Crippen LogP contribution in [0.3, 0.4) is 0 Å². The number of carbonyl (C=O) groups is 1. The molecule has 0 radical (unpaired) electrons. The van der Waals surface area contributed by atoms with Gasteiger partial charge in [0.15, 0.2) is 12.2 Å². The summed E-state index contributed by atoms with van der Waals surface area (Å²) in [7, 11) is 0. The maximum atomic E-state index is 13.2. The van der Waals surface area contributed by atoms with E-state index in [-0.39, 0.29) is 22.8 Å². The molecule has 4 rings (SSSR count). The molecule has 0 saturated carbocycles. The number of phenols is 2. The van der Waals surface area contributed by atoms with Crippen molar-refractivity contribution >= 4 is 11.9 Å². The molecule has 3 N–H and O–H groups in total. The van der Waals surface area contributed by atoms with E-state index in [0.717, 1.165) is 5.57 Å². The van der Waals surface area contributed by atoms with E-state index in [4.69, 9.17) is 9.47 Å². The van der Waals surface area contributed by atoms with Crippen molar-refractivity contribution in [3.05, 3.63) is 64.2 Å². The van der Waals surface area contributed by atoms with E-state index in [9.17, 15) is 20.1 Å². The van der Waals surface area contributed by atoms with E-state index in [1.807, 2.05) is 39.8 Å². The summed E-state index contributed by atoms with van der Waals surface area (Å²) in [6.07, 6.45) is 3.51. The Hall–Kier alpha value is -3.25. The summed E-state index contributed by atoms with van der Waals surface area (Å²) in [5, 5.41) is 31.2. The largest absolute Gasteiger partial charge is 0.508 e. The van der Waals surface area contributed by atoms with E-state index >= 15 is 0 Å². The van der Waals surface area contributed by atoms with Crippen LogP contribution in [-0.2, 0) is 6.42 Å². The minimum Gasteiger partial charge on any atom is -0.508 e. The van der Waals surface area contributed by atoms with E-state index in [0.29, 0.717) is 28.9 Å². The highest BCUT2D eigenvalue weighted by atomic mass is 16.5. The molecule has 0 unspecified atom stereocenters. The van der Waals surface area contributed by atoms with Gasteiger partial charge < -0.3 is 24.8 Å². The van der Waals surface area contributed by atoms with Gasteiger partial charge in [-0.25, -0.2) is 0 Å². The molecule has 2 aliphatic rings. The second kappa shape index (κ2) is 7.46. The van der Waals surface area contributed by atoms with E-state index in [1.165, 1.54) is 12.1 Å². The molecule has 2 heterocycles. The van der Waals surface area contributed by atoms with Crippen molar-refractivity contribution in [2.75, 3.05) is 0 Å². The Balaban J connectivity index is 1.93. The van der Waals surface area contributed by atoms with Crippen LogP contribution in [0.2, 0.25) is 0 Å². The molecule has 2 aromatic carbocycles. The number of rotatable bonds is 3. The zero-order valence-corrected chi connectivity index (χ0v) is 18.0. The summed E-state index contributed by atoms with van der Waals surface area (Å²) in [4.78, 5) is 13.2. The molecular formula is C25H26O6. The lowest BCUT2D eigenvalue weighted by Gasteiger charge is -2.35. The fourth-order valence-corrected chi connectivity index (χ4v) is 3.86. The average molecular weight is 422 g/mol. The van der Waals surface area contributed by atoms with Crippen LogP contribution in [0.1, 0.15) is 60.8 Å². The predicted octanol–water partition coefficient (Wildman–Crippen LogP) is 4.47. The quantitative estimate of drug-likeness (QED) is 0.632. The van der Waals surface area contributed by atoms with Crippen molar-refractivity contribution in [3.8, 4) is 23.0 Å². The highest BCUT2D eigenvalue weighted by molar-refractivity contribution is 6.07. The lowest BCUT2D eigenvalue weighted by atomic mass is 9.87. The lowest BCUT2D eigenvalue weighted by molar-refractivity contribution is 0.0204. The number of aliphatic hydroxyl groups excluding tert-OH is 1. The summed E-state index contributed by atoms with van der Waals surface area (Å²) in [5.74, 6) is -0.121. The Bertz CT molecular complexity index is 1100. The molecular weight excluding hydrogens is 396 g/mol. The molecule has 6 heteroatoms.